The van der Waals surface area contributed by atoms with E-state index in [2.05, 4.69) is 9.97 Å². The van der Waals surface area contributed by atoms with Crippen LogP contribution in [0.15, 0.2) is 36.7 Å². The van der Waals surface area contributed by atoms with Crippen LogP contribution >= 0.6 is 11.6 Å². The lowest BCUT2D eigenvalue weighted by Gasteiger charge is -2.01. The first-order valence-electron chi connectivity index (χ1n) is 4.30. The van der Waals surface area contributed by atoms with Crippen LogP contribution in [0.25, 0.3) is 11.3 Å². The Morgan fingerprint density at radius 1 is 1.21 bits per heavy atom. The lowest BCUT2D eigenvalue weighted by molar-refractivity contribution is 1.12. The number of aryl methyl sites for hydroxylation is 1. The molecule has 1 heterocycles. The van der Waals surface area contributed by atoms with E-state index in [-0.39, 0.29) is 0 Å². The largest absolute Gasteiger partial charge is 0.261 e. The summed E-state index contributed by atoms with van der Waals surface area (Å²) in [6.07, 6.45) is 3.46. The standard InChI is InChI=1S/C11H9ClN2/c1-8-6-13-7-11(14-8)9-3-2-4-10(12)5-9/h2-7H,1H3. The lowest BCUT2D eigenvalue weighted by atomic mass is 10.1. The molecule has 0 atom stereocenters. The number of nitrogens with zero attached hydrogens (tertiary/aromatic N) is 2. The summed E-state index contributed by atoms with van der Waals surface area (Å²) in [7, 11) is 0. The smallest absolute Gasteiger partial charge is 0.0888 e. The van der Waals surface area contributed by atoms with Crippen LogP contribution in [0, 0.1) is 6.92 Å². The molecule has 0 fully saturated rings. The maximum atomic E-state index is 5.89. The van der Waals surface area contributed by atoms with Crippen molar-refractivity contribution >= 4 is 11.6 Å². The van der Waals surface area contributed by atoms with Gasteiger partial charge >= 0.3 is 0 Å². The highest BCUT2D eigenvalue weighted by Gasteiger charge is 1.99. The first-order chi connectivity index (χ1) is 6.75. The summed E-state index contributed by atoms with van der Waals surface area (Å²) in [6.45, 7) is 1.92. The second kappa shape index (κ2) is 3.76. The molecule has 0 bridgehead atoms. The van der Waals surface area contributed by atoms with Crippen LogP contribution in [0.3, 0.4) is 0 Å². The van der Waals surface area contributed by atoms with E-state index < -0.39 is 0 Å². The van der Waals surface area contributed by atoms with Gasteiger partial charge in [-0.3, -0.25) is 4.98 Å². The second-order valence-corrected chi connectivity index (χ2v) is 3.49. The van der Waals surface area contributed by atoms with Crippen molar-refractivity contribution < 1.29 is 0 Å². The molecule has 0 amide bonds. The summed E-state index contributed by atoms with van der Waals surface area (Å²) in [6, 6.07) is 7.59. The Balaban J connectivity index is 2.49. The summed E-state index contributed by atoms with van der Waals surface area (Å²) >= 11 is 5.89. The van der Waals surface area contributed by atoms with E-state index in [0.29, 0.717) is 5.02 Å². The molecular formula is C11H9ClN2. The lowest BCUT2D eigenvalue weighted by Crippen LogP contribution is -1.88. The van der Waals surface area contributed by atoms with Gasteiger partial charge in [-0.05, 0) is 19.1 Å². The van der Waals surface area contributed by atoms with Gasteiger partial charge in [0.05, 0.1) is 17.6 Å². The third kappa shape index (κ3) is 1.91. The van der Waals surface area contributed by atoms with E-state index in [4.69, 9.17) is 11.6 Å². The van der Waals surface area contributed by atoms with Crippen molar-refractivity contribution in [3.63, 3.8) is 0 Å². The predicted octanol–water partition coefficient (Wildman–Crippen LogP) is 3.11. The number of hydrogen-bond donors (Lipinski definition) is 0. The molecule has 0 aliphatic heterocycles. The van der Waals surface area contributed by atoms with Crippen molar-refractivity contribution in [2.24, 2.45) is 0 Å². The van der Waals surface area contributed by atoms with Crippen LogP contribution in [-0.2, 0) is 0 Å². The van der Waals surface area contributed by atoms with Crippen LogP contribution in [0.1, 0.15) is 5.69 Å². The van der Waals surface area contributed by atoms with E-state index in [1.54, 1.807) is 12.4 Å². The van der Waals surface area contributed by atoms with Crippen molar-refractivity contribution in [1.29, 1.82) is 0 Å². The Bertz CT molecular complexity index is 411. The molecule has 0 saturated carbocycles. The zero-order valence-electron chi connectivity index (χ0n) is 7.74. The molecule has 0 unspecified atom stereocenters. The molecule has 0 saturated heterocycles. The monoisotopic (exact) mass is 204 g/mol. The Morgan fingerprint density at radius 3 is 2.79 bits per heavy atom. The van der Waals surface area contributed by atoms with Gasteiger partial charge in [-0.1, -0.05) is 23.7 Å². The molecule has 0 aliphatic rings. The van der Waals surface area contributed by atoms with Crippen LogP contribution in [0.4, 0.5) is 0 Å². The van der Waals surface area contributed by atoms with Crippen LogP contribution in [-0.4, -0.2) is 9.97 Å². The summed E-state index contributed by atoms with van der Waals surface area (Å²) in [4.78, 5) is 8.45. The minimum atomic E-state index is 0.714. The maximum absolute atomic E-state index is 5.89. The van der Waals surface area contributed by atoms with Gasteiger partial charge in [0.15, 0.2) is 0 Å². The van der Waals surface area contributed by atoms with E-state index in [0.717, 1.165) is 17.0 Å². The zero-order chi connectivity index (χ0) is 9.97. The highest BCUT2D eigenvalue weighted by atomic mass is 35.5. The molecule has 2 nitrogen and oxygen atoms in total. The zero-order valence-corrected chi connectivity index (χ0v) is 8.49. The van der Waals surface area contributed by atoms with Crippen molar-refractivity contribution in [2.45, 2.75) is 6.92 Å². The Morgan fingerprint density at radius 2 is 2.07 bits per heavy atom. The van der Waals surface area contributed by atoms with E-state index >= 15 is 0 Å². The highest BCUT2D eigenvalue weighted by molar-refractivity contribution is 6.30. The molecule has 3 heteroatoms. The summed E-state index contributed by atoms with van der Waals surface area (Å²) in [5.74, 6) is 0. The predicted molar refractivity (Wildman–Crippen MR) is 57.2 cm³/mol. The van der Waals surface area contributed by atoms with Gasteiger partial charge in [0.1, 0.15) is 0 Å². The number of rotatable bonds is 1. The molecule has 0 spiro atoms. The van der Waals surface area contributed by atoms with Crippen molar-refractivity contribution in [3.05, 3.63) is 47.4 Å². The quantitative estimate of drug-likeness (QED) is 0.714. The number of aromatic nitrogens is 2. The van der Waals surface area contributed by atoms with Crippen molar-refractivity contribution in [1.82, 2.24) is 9.97 Å². The minimum Gasteiger partial charge on any atom is -0.261 e. The van der Waals surface area contributed by atoms with Crippen molar-refractivity contribution in [3.8, 4) is 11.3 Å². The SMILES string of the molecule is Cc1cncc(-c2cccc(Cl)c2)n1. The number of halogens is 1. The van der Waals surface area contributed by atoms with Gasteiger partial charge in [0.2, 0.25) is 0 Å². The number of benzene rings is 1. The average molecular weight is 205 g/mol. The molecule has 14 heavy (non-hydrogen) atoms. The fourth-order valence-electron chi connectivity index (χ4n) is 1.25. The first kappa shape index (κ1) is 9.16. The minimum absolute atomic E-state index is 0.714. The third-order valence-electron chi connectivity index (χ3n) is 1.88. The number of hydrogen-bond acceptors (Lipinski definition) is 2. The van der Waals surface area contributed by atoms with Gasteiger partial charge in [0.25, 0.3) is 0 Å². The molecular weight excluding hydrogens is 196 g/mol. The van der Waals surface area contributed by atoms with E-state index in [1.807, 2.05) is 31.2 Å². The first-order valence-corrected chi connectivity index (χ1v) is 4.68. The van der Waals surface area contributed by atoms with Gasteiger partial charge in [-0.2, -0.15) is 0 Å². The van der Waals surface area contributed by atoms with Crippen LogP contribution in [0.2, 0.25) is 5.02 Å². The second-order valence-electron chi connectivity index (χ2n) is 3.06. The Labute approximate surface area is 87.6 Å². The summed E-state index contributed by atoms with van der Waals surface area (Å²) in [5.41, 5.74) is 2.75. The van der Waals surface area contributed by atoms with E-state index in [1.165, 1.54) is 0 Å². The third-order valence-corrected chi connectivity index (χ3v) is 2.11. The van der Waals surface area contributed by atoms with Gasteiger partial charge in [-0.15, -0.1) is 0 Å². The Hall–Kier alpha value is -1.41. The normalized spacial score (nSPS) is 10.1. The summed E-state index contributed by atoms with van der Waals surface area (Å²) in [5, 5.41) is 0.714. The molecule has 70 valence electrons. The molecule has 1 aromatic heterocycles. The molecule has 0 N–H and O–H groups in total. The van der Waals surface area contributed by atoms with Crippen LogP contribution < -0.4 is 0 Å². The summed E-state index contributed by atoms with van der Waals surface area (Å²) < 4.78 is 0. The highest BCUT2D eigenvalue weighted by Crippen LogP contribution is 2.19. The van der Waals surface area contributed by atoms with E-state index in [9.17, 15) is 0 Å². The fourth-order valence-corrected chi connectivity index (χ4v) is 1.44. The van der Waals surface area contributed by atoms with Crippen LogP contribution in [0.5, 0.6) is 0 Å². The average Bonchev–Trinajstić information content (AvgIpc) is 2.18. The van der Waals surface area contributed by atoms with Gasteiger partial charge < -0.3 is 0 Å². The molecule has 2 aromatic rings. The molecule has 1 aromatic carbocycles. The molecule has 0 radical (unpaired) electrons. The van der Waals surface area contributed by atoms with Gasteiger partial charge in [-0.25, -0.2) is 4.98 Å². The fraction of sp³-hybridized carbons (Fsp3) is 0.0909. The van der Waals surface area contributed by atoms with Gasteiger partial charge in [0, 0.05) is 16.8 Å². The topological polar surface area (TPSA) is 25.8 Å². The molecule has 2 rings (SSSR count). The maximum Gasteiger partial charge on any atom is 0.0888 e. The Kier molecular flexibility index (Phi) is 2.46. The molecule has 0 aliphatic carbocycles. The van der Waals surface area contributed by atoms with Crippen molar-refractivity contribution in [2.75, 3.05) is 0 Å².